The highest BCUT2D eigenvalue weighted by Gasteiger charge is 2.28. The zero-order chi connectivity index (χ0) is 22.9. The fourth-order valence-corrected chi connectivity index (χ4v) is 6.01. The molecule has 1 aliphatic carbocycles. The lowest BCUT2D eigenvalue weighted by Crippen LogP contribution is -2.31. The molecule has 0 amide bonds. The van der Waals surface area contributed by atoms with Crippen molar-refractivity contribution in [2.45, 2.75) is 70.4 Å². The second-order valence-electron chi connectivity index (χ2n) is 10.2. The monoisotopic (exact) mass is 442 g/mol. The first kappa shape index (κ1) is 22.0. The first-order valence-electron chi connectivity index (χ1n) is 12.4. The maximum Gasteiger partial charge on any atom is 0.169 e. The van der Waals surface area contributed by atoms with Gasteiger partial charge in [-0.3, -0.25) is 14.8 Å². The van der Waals surface area contributed by atoms with Crippen LogP contribution in [-0.4, -0.2) is 34.4 Å². The fourth-order valence-electron chi connectivity index (χ4n) is 6.01. The number of rotatable bonds is 5. The molecule has 1 saturated heterocycles. The number of nitrogens with two attached hydrogens (primary N) is 1. The largest absolute Gasteiger partial charge is 0.368 e. The Balaban J connectivity index is 1.42. The molecule has 4 atom stereocenters. The Kier molecular flexibility index (Phi) is 6.15. The van der Waals surface area contributed by atoms with Gasteiger partial charge in [-0.25, -0.2) is 0 Å². The van der Waals surface area contributed by atoms with Crippen LogP contribution in [0.5, 0.6) is 0 Å². The summed E-state index contributed by atoms with van der Waals surface area (Å²) in [6.07, 6.45) is 11.6. The lowest BCUT2D eigenvalue weighted by atomic mass is 9.75. The molecular weight excluding hydrogens is 408 g/mol. The summed E-state index contributed by atoms with van der Waals surface area (Å²) >= 11 is 0. The highest BCUT2D eigenvalue weighted by Crippen LogP contribution is 2.37. The Morgan fingerprint density at radius 1 is 1.15 bits per heavy atom. The van der Waals surface area contributed by atoms with Crippen molar-refractivity contribution >= 4 is 22.4 Å². The van der Waals surface area contributed by atoms with Gasteiger partial charge in [0.05, 0.1) is 17.4 Å². The third-order valence-electron chi connectivity index (χ3n) is 7.59. The molecule has 0 radical (unpaired) electrons. The van der Waals surface area contributed by atoms with Crippen LogP contribution in [0.3, 0.4) is 0 Å². The van der Waals surface area contributed by atoms with Crippen molar-refractivity contribution in [3.63, 3.8) is 0 Å². The molecule has 3 heterocycles. The number of para-hydroxylation sites is 1. The van der Waals surface area contributed by atoms with E-state index in [0.29, 0.717) is 29.9 Å². The standard InChI is InChI=1S/C28H34N4O/c1-18-11-21(13-23(29)12-18)25-8-9-30-16-22(25)15-27(33)26-7-3-6-20-14-24(17-31-28(20)26)32-10-4-5-19(32)2/h3,6-9,14,16-19,21,23H,4-5,10-13,15,29H2,1-2H3/t18-,19+,21+,23-/m0/s1. The highest BCUT2D eigenvalue weighted by atomic mass is 16.1. The summed E-state index contributed by atoms with van der Waals surface area (Å²) < 4.78 is 0. The molecule has 2 aromatic heterocycles. The normalized spacial score (nSPS) is 25.5. The van der Waals surface area contributed by atoms with E-state index in [1.165, 1.54) is 18.4 Å². The highest BCUT2D eigenvalue weighted by molar-refractivity contribution is 6.07. The molecule has 5 rings (SSSR count). The van der Waals surface area contributed by atoms with Gasteiger partial charge in [0, 0.05) is 48.4 Å². The maximum absolute atomic E-state index is 13.5. The summed E-state index contributed by atoms with van der Waals surface area (Å²) in [5.41, 5.74) is 11.2. The van der Waals surface area contributed by atoms with Crippen LogP contribution in [-0.2, 0) is 6.42 Å². The molecule has 5 heteroatoms. The number of benzene rings is 1. The number of pyridine rings is 2. The second kappa shape index (κ2) is 9.22. The third-order valence-corrected chi connectivity index (χ3v) is 7.59. The molecule has 3 aromatic rings. The number of aromatic nitrogens is 2. The first-order chi connectivity index (χ1) is 16.0. The van der Waals surface area contributed by atoms with Gasteiger partial charge < -0.3 is 10.6 Å². The van der Waals surface area contributed by atoms with Crippen LogP contribution < -0.4 is 10.6 Å². The number of nitrogens with zero attached hydrogens (tertiary/aromatic N) is 3. The van der Waals surface area contributed by atoms with E-state index in [-0.39, 0.29) is 11.8 Å². The quantitative estimate of drug-likeness (QED) is 0.545. The SMILES string of the molecule is C[C@@H]1C[C@H](N)C[C@H](c2ccncc2CC(=O)c2cccc3cc(N4CCC[C@H]4C)cnc23)C1. The van der Waals surface area contributed by atoms with E-state index in [2.05, 4.69) is 41.9 Å². The van der Waals surface area contributed by atoms with Gasteiger partial charge in [-0.1, -0.05) is 19.1 Å². The second-order valence-corrected chi connectivity index (χ2v) is 10.2. The summed E-state index contributed by atoms with van der Waals surface area (Å²) in [6, 6.07) is 11.0. The van der Waals surface area contributed by atoms with Crippen LogP contribution in [0.2, 0.25) is 0 Å². The number of fused-ring (bicyclic) bond motifs is 1. The molecule has 2 fully saturated rings. The minimum absolute atomic E-state index is 0.0952. The lowest BCUT2D eigenvalue weighted by molar-refractivity contribution is 0.0994. The Morgan fingerprint density at radius 3 is 2.82 bits per heavy atom. The van der Waals surface area contributed by atoms with Gasteiger partial charge in [-0.05, 0) is 80.2 Å². The van der Waals surface area contributed by atoms with E-state index < -0.39 is 0 Å². The van der Waals surface area contributed by atoms with Gasteiger partial charge in [-0.15, -0.1) is 0 Å². The Bertz CT molecular complexity index is 1150. The van der Waals surface area contributed by atoms with E-state index >= 15 is 0 Å². The third kappa shape index (κ3) is 4.51. The van der Waals surface area contributed by atoms with Crippen LogP contribution in [0.25, 0.3) is 10.9 Å². The van der Waals surface area contributed by atoms with E-state index in [0.717, 1.165) is 48.0 Å². The molecule has 172 valence electrons. The molecule has 0 bridgehead atoms. The van der Waals surface area contributed by atoms with Gasteiger partial charge in [0.15, 0.2) is 5.78 Å². The fraction of sp³-hybridized carbons (Fsp3) is 0.464. The van der Waals surface area contributed by atoms with E-state index in [1.807, 2.05) is 30.7 Å². The molecule has 0 spiro atoms. The van der Waals surface area contributed by atoms with Gasteiger partial charge in [0.1, 0.15) is 0 Å². The van der Waals surface area contributed by atoms with Gasteiger partial charge in [-0.2, -0.15) is 0 Å². The number of carbonyl (C=O) groups is 1. The summed E-state index contributed by atoms with van der Waals surface area (Å²) in [5, 5.41) is 1.02. The number of hydrogen-bond donors (Lipinski definition) is 1. The number of anilines is 1. The van der Waals surface area contributed by atoms with Crippen molar-refractivity contribution in [2.24, 2.45) is 11.7 Å². The number of carbonyl (C=O) groups excluding carboxylic acids is 1. The maximum atomic E-state index is 13.5. The zero-order valence-corrected chi connectivity index (χ0v) is 19.7. The van der Waals surface area contributed by atoms with Crippen molar-refractivity contribution < 1.29 is 4.79 Å². The minimum Gasteiger partial charge on any atom is -0.368 e. The average Bonchev–Trinajstić information content (AvgIpc) is 3.23. The molecule has 1 aliphatic heterocycles. The summed E-state index contributed by atoms with van der Waals surface area (Å²) in [5.74, 6) is 1.09. The van der Waals surface area contributed by atoms with Crippen molar-refractivity contribution in [1.29, 1.82) is 0 Å². The Morgan fingerprint density at radius 2 is 2.03 bits per heavy atom. The summed E-state index contributed by atoms with van der Waals surface area (Å²) in [4.78, 5) is 25.0. The Hall–Kier alpha value is -2.79. The number of ketones is 1. The predicted octanol–water partition coefficient (Wildman–Crippen LogP) is 5.27. The van der Waals surface area contributed by atoms with E-state index in [4.69, 9.17) is 10.7 Å². The zero-order valence-electron chi connectivity index (χ0n) is 19.7. The number of Topliss-reactive ketones (excluding diaryl/α,β-unsaturated/α-hetero) is 1. The molecule has 2 N–H and O–H groups in total. The summed E-state index contributed by atoms with van der Waals surface area (Å²) in [7, 11) is 0. The van der Waals surface area contributed by atoms with Crippen molar-refractivity contribution in [3.8, 4) is 0 Å². The lowest BCUT2D eigenvalue weighted by Gasteiger charge is -2.32. The van der Waals surface area contributed by atoms with E-state index in [1.54, 1.807) is 0 Å². The smallest absolute Gasteiger partial charge is 0.169 e. The van der Waals surface area contributed by atoms with Crippen LogP contribution >= 0.6 is 0 Å². The first-order valence-corrected chi connectivity index (χ1v) is 12.4. The average molecular weight is 443 g/mol. The van der Waals surface area contributed by atoms with Gasteiger partial charge >= 0.3 is 0 Å². The molecule has 1 saturated carbocycles. The summed E-state index contributed by atoms with van der Waals surface area (Å²) in [6.45, 7) is 5.61. The molecule has 1 aromatic carbocycles. The van der Waals surface area contributed by atoms with E-state index in [9.17, 15) is 4.79 Å². The topological polar surface area (TPSA) is 72.1 Å². The predicted molar refractivity (Wildman–Crippen MR) is 134 cm³/mol. The molecule has 5 nitrogen and oxygen atoms in total. The molecular formula is C28H34N4O. The van der Waals surface area contributed by atoms with Gasteiger partial charge in [0.2, 0.25) is 0 Å². The number of hydrogen-bond acceptors (Lipinski definition) is 5. The van der Waals surface area contributed by atoms with Crippen LogP contribution in [0, 0.1) is 5.92 Å². The molecule has 33 heavy (non-hydrogen) atoms. The van der Waals surface area contributed by atoms with Gasteiger partial charge in [0.25, 0.3) is 0 Å². The van der Waals surface area contributed by atoms with Crippen molar-refractivity contribution in [2.75, 3.05) is 11.4 Å². The van der Waals surface area contributed by atoms with Crippen molar-refractivity contribution in [3.05, 3.63) is 65.6 Å². The van der Waals surface area contributed by atoms with Crippen LogP contribution in [0.4, 0.5) is 5.69 Å². The van der Waals surface area contributed by atoms with Crippen LogP contribution in [0.1, 0.15) is 73.4 Å². The Labute approximate surface area is 196 Å². The van der Waals surface area contributed by atoms with Crippen molar-refractivity contribution in [1.82, 2.24) is 9.97 Å². The minimum atomic E-state index is 0.0952. The molecule has 2 aliphatic rings. The molecule has 0 unspecified atom stereocenters. The van der Waals surface area contributed by atoms with Crippen LogP contribution in [0.15, 0.2) is 48.9 Å².